The first-order valence-corrected chi connectivity index (χ1v) is 5.58. The van der Waals surface area contributed by atoms with Gasteiger partial charge in [-0.05, 0) is 46.3 Å². The lowest BCUT2D eigenvalue weighted by molar-refractivity contribution is 0.628. The Bertz CT molecular complexity index is 456. The average molecular weight is 281 g/mol. The molecule has 0 N–H and O–H groups in total. The minimum atomic E-state index is -0.251. The molecule has 1 heterocycles. The van der Waals surface area contributed by atoms with E-state index in [4.69, 9.17) is 0 Å². The van der Waals surface area contributed by atoms with Gasteiger partial charge < -0.3 is 4.90 Å². The minimum Gasteiger partial charge on any atom is -0.329 e. The third kappa shape index (κ3) is 2.39. The maximum atomic E-state index is 13.1. The van der Waals surface area contributed by atoms with Crippen LogP contribution in [0.3, 0.4) is 0 Å². The number of aromatic nitrogens is 1. The molecule has 0 aliphatic heterocycles. The van der Waals surface area contributed by atoms with E-state index < -0.39 is 0 Å². The van der Waals surface area contributed by atoms with Crippen molar-refractivity contribution in [2.24, 2.45) is 0 Å². The van der Waals surface area contributed by atoms with Gasteiger partial charge in [-0.3, -0.25) is 0 Å². The molecule has 0 fully saturated rings. The zero-order chi connectivity index (χ0) is 11.5. The van der Waals surface area contributed by atoms with Gasteiger partial charge in [-0.1, -0.05) is 12.1 Å². The van der Waals surface area contributed by atoms with E-state index in [0.717, 1.165) is 16.1 Å². The summed E-state index contributed by atoms with van der Waals surface area (Å²) < 4.78 is 13.8. The Balaban J connectivity index is 2.35. The molecule has 0 atom stereocenters. The summed E-state index contributed by atoms with van der Waals surface area (Å²) in [5.41, 5.74) is 0.769. The monoisotopic (exact) mass is 280 g/mol. The molecule has 0 aliphatic carbocycles. The SMILES string of the molecule is CN(c1cccc(F)c1)c1cccc(Br)n1. The van der Waals surface area contributed by atoms with Crippen molar-refractivity contribution in [3.63, 3.8) is 0 Å². The second-order valence-corrected chi connectivity index (χ2v) is 4.17. The number of hydrogen-bond donors (Lipinski definition) is 0. The van der Waals surface area contributed by atoms with Crippen LogP contribution in [0.15, 0.2) is 47.1 Å². The Morgan fingerprint density at radius 3 is 2.62 bits per heavy atom. The zero-order valence-electron chi connectivity index (χ0n) is 8.69. The summed E-state index contributed by atoms with van der Waals surface area (Å²) in [6, 6.07) is 12.0. The Labute approximate surface area is 102 Å². The lowest BCUT2D eigenvalue weighted by Crippen LogP contribution is -2.11. The molecule has 0 unspecified atom stereocenters. The van der Waals surface area contributed by atoms with Gasteiger partial charge in [0.05, 0.1) is 0 Å². The van der Waals surface area contributed by atoms with Crippen LogP contribution in [0.4, 0.5) is 15.9 Å². The predicted octanol–water partition coefficient (Wildman–Crippen LogP) is 3.75. The number of halogens is 2. The maximum absolute atomic E-state index is 13.1. The lowest BCUT2D eigenvalue weighted by Gasteiger charge is -2.18. The highest BCUT2D eigenvalue weighted by atomic mass is 79.9. The Morgan fingerprint density at radius 2 is 1.94 bits per heavy atom. The van der Waals surface area contributed by atoms with Crippen molar-refractivity contribution in [3.05, 3.63) is 52.9 Å². The molecule has 0 aliphatic rings. The zero-order valence-corrected chi connectivity index (χ0v) is 10.3. The molecule has 0 spiro atoms. The number of nitrogens with zero attached hydrogens (tertiary/aromatic N) is 2. The quantitative estimate of drug-likeness (QED) is 0.779. The van der Waals surface area contributed by atoms with E-state index in [0.29, 0.717) is 0 Å². The normalized spacial score (nSPS) is 10.2. The maximum Gasteiger partial charge on any atom is 0.134 e. The predicted molar refractivity (Wildman–Crippen MR) is 66.4 cm³/mol. The molecule has 82 valence electrons. The van der Waals surface area contributed by atoms with Crippen LogP contribution in [0.25, 0.3) is 0 Å². The number of pyridine rings is 1. The summed E-state index contributed by atoms with van der Waals surface area (Å²) in [7, 11) is 1.85. The lowest BCUT2D eigenvalue weighted by atomic mass is 10.3. The topological polar surface area (TPSA) is 16.1 Å². The summed E-state index contributed by atoms with van der Waals surface area (Å²) in [4.78, 5) is 6.13. The molecule has 2 nitrogen and oxygen atoms in total. The number of benzene rings is 1. The summed E-state index contributed by atoms with van der Waals surface area (Å²) in [6.45, 7) is 0. The fourth-order valence-electron chi connectivity index (χ4n) is 1.40. The number of hydrogen-bond acceptors (Lipinski definition) is 2. The Kier molecular flexibility index (Phi) is 3.19. The van der Waals surface area contributed by atoms with E-state index in [1.165, 1.54) is 12.1 Å². The fourth-order valence-corrected chi connectivity index (χ4v) is 1.74. The summed E-state index contributed by atoms with van der Waals surface area (Å²) in [6.07, 6.45) is 0. The van der Waals surface area contributed by atoms with Gasteiger partial charge in [0.2, 0.25) is 0 Å². The third-order valence-electron chi connectivity index (χ3n) is 2.24. The second-order valence-electron chi connectivity index (χ2n) is 3.36. The van der Waals surface area contributed by atoms with Crippen molar-refractivity contribution in [3.8, 4) is 0 Å². The fraction of sp³-hybridized carbons (Fsp3) is 0.0833. The highest BCUT2D eigenvalue weighted by Gasteiger charge is 2.05. The summed E-state index contributed by atoms with van der Waals surface area (Å²) in [5, 5.41) is 0. The van der Waals surface area contributed by atoms with Crippen LogP contribution in [0.1, 0.15) is 0 Å². The molecule has 0 bridgehead atoms. The molecule has 2 rings (SSSR count). The number of anilines is 2. The summed E-state index contributed by atoms with van der Waals surface area (Å²) >= 11 is 3.31. The standard InChI is InChI=1S/C12H10BrFN2/c1-16(10-5-2-4-9(14)8-10)12-7-3-6-11(13)15-12/h2-8H,1H3. The van der Waals surface area contributed by atoms with Crippen molar-refractivity contribution in [1.29, 1.82) is 0 Å². The van der Waals surface area contributed by atoms with E-state index >= 15 is 0 Å². The first-order chi connectivity index (χ1) is 7.66. The molecule has 2 aromatic rings. The Morgan fingerprint density at radius 1 is 1.19 bits per heavy atom. The highest BCUT2D eigenvalue weighted by molar-refractivity contribution is 9.10. The van der Waals surface area contributed by atoms with Gasteiger partial charge in [-0.15, -0.1) is 0 Å². The van der Waals surface area contributed by atoms with Gasteiger partial charge in [0.15, 0.2) is 0 Å². The minimum absolute atomic E-state index is 0.251. The van der Waals surface area contributed by atoms with Gasteiger partial charge in [-0.25, -0.2) is 9.37 Å². The van der Waals surface area contributed by atoms with Crippen molar-refractivity contribution in [2.45, 2.75) is 0 Å². The molecule has 16 heavy (non-hydrogen) atoms. The van der Waals surface area contributed by atoms with Crippen LogP contribution in [-0.4, -0.2) is 12.0 Å². The first kappa shape index (κ1) is 11.1. The van der Waals surface area contributed by atoms with E-state index in [9.17, 15) is 4.39 Å². The molecular formula is C12H10BrFN2. The van der Waals surface area contributed by atoms with Crippen LogP contribution in [0.5, 0.6) is 0 Å². The van der Waals surface area contributed by atoms with Crippen molar-refractivity contribution < 1.29 is 4.39 Å². The van der Waals surface area contributed by atoms with Crippen LogP contribution < -0.4 is 4.90 Å². The first-order valence-electron chi connectivity index (χ1n) is 4.78. The molecule has 1 aromatic heterocycles. The van der Waals surface area contributed by atoms with Crippen molar-refractivity contribution in [2.75, 3.05) is 11.9 Å². The van der Waals surface area contributed by atoms with Crippen LogP contribution >= 0.6 is 15.9 Å². The molecule has 0 radical (unpaired) electrons. The van der Waals surface area contributed by atoms with Crippen LogP contribution in [0, 0.1) is 5.82 Å². The molecule has 0 amide bonds. The second kappa shape index (κ2) is 4.61. The highest BCUT2D eigenvalue weighted by Crippen LogP contribution is 2.23. The number of rotatable bonds is 2. The summed E-state index contributed by atoms with van der Waals surface area (Å²) in [5.74, 6) is 0.513. The van der Waals surface area contributed by atoms with Crippen LogP contribution in [-0.2, 0) is 0 Å². The van der Waals surface area contributed by atoms with Gasteiger partial charge in [0, 0.05) is 12.7 Å². The molecule has 0 saturated heterocycles. The van der Waals surface area contributed by atoms with Crippen LogP contribution in [0.2, 0.25) is 0 Å². The largest absolute Gasteiger partial charge is 0.329 e. The molecular weight excluding hydrogens is 271 g/mol. The third-order valence-corrected chi connectivity index (χ3v) is 2.68. The van der Waals surface area contributed by atoms with Gasteiger partial charge in [-0.2, -0.15) is 0 Å². The van der Waals surface area contributed by atoms with Crippen molar-refractivity contribution in [1.82, 2.24) is 4.98 Å². The van der Waals surface area contributed by atoms with Gasteiger partial charge >= 0.3 is 0 Å². The van der Waals surface area contributed by atoms with Gasteiger partial charge in [0.1, 0.15) is 16.2 Å². The van der Waals surface area contributed by atoms with E-state index in [-0.39, 0.29) is 5.82 Å². The Hall–Kier alpha value is -1.42. The average Bonchev–Trinajstić information content (AvgIpc) is 2.28. The molecule has 0 saturated carbocycles. The van der Waals surface area contributed by atoms with E-state index in [2.05, 4.69) is 20.9 Å². The van der Waals surface area contributed by atoms with Crippen molar-refractivity contribution >= 4 is 27.4 Å². The molecule has 1 aromatic carbocycles. The van der Waals surface area contributed by atoms with E-state index in [1.807, 2.05) is 36.2 Å². The smallest absolute Gasteiger partial charge is 0.134 e. The van der Waals surface area contributed by atoms with E-state index in [1.54, 1.807) is 6.07 Å². The van der Waals surface area contributed by atoms with Gasteiger partial charge in [0.25, 0.3) is 0 Å². The molecule has 4 heteroatoms.